The van der Waals surface area contributed by atoms with E-state index >= 15 is 0 Å². The van der Waals surface area contributed by atoms with E-state index in [0.717, 1.165) is 16.7 Å². The van der Waals surface area contributed by atoms with Crippen molar-refractivity contribution in [3.63, 3.8) is 0 Å². The third-order valence-electron chi connectivity index (χ3n) is 4.12. The molecule has 5 heteroatoms. The van der Waals surface area contributed by atoms with Crippen LogP contribution in [0.2, 0.25) is 0 Å². The monoisotopic (exact) mass is 350 g/mol. The summed E-state index contributed by atoms with van der Waals surface area (Å²) in [5.74, 6) is 0.143. The van der Waals surface area contributed by atoms with Crippen LogP contribution in [0.4, 0.5) is 0 Å². The Bertz CT molecular complexity index is 901. The van der Waals surface area contributed by atoms with Crippen LogP contribution in [0.5, 0.6) is 0 Å². The van der Waals surface area contributed by atoms with Gasteiger partial charge in [0.1, 0.15) is 6.61 Å². The van der Waals surface area contributed by atoms with Crippen LogP contribution in [0.3, 0.4) is 0 Å². The average Bonchev–Trinajstić information content (AvgIpc) is 2.98. The lowest BCUT2D eigenvalue weighted by Gasteiger charge is -2.14. The van der Waals surface area contributed by atoms with Crippen LogP contribution in [0, 0.1) is 13.8 Å². The molecule has 2 aromatic carbocycles. The largest absolute Gasteiger partial charge is 0.461 e. The molecule has 0 unspecified atom stereocenters. The van der Waals surface area contributed by atoms with Gasteiger partial charge in [-0.05, 0) is 31.9 Å². The van der Waals surface area contributed by atoms with Crippen molar-refractivity contribution in [1.82, 2.24) is 9.71 Å². The second kappa shape index (κ2) is 7.87. The molecule has 134 valence electrons. The summed E-state index contributed by atoms with van der Waals surface area (Å²) in [6.07, 6.45) is 0. The Morgan fingerprint density at radius 1 is 1.04 bits per heavy atom. The predicted molar refractivity (Wildman–Crippen MR) is 99.8 cm³/mol. The Morgan fingerprint density at radius 2 is 1.73 bits per heavy atom. The topological polar surface area (TPSA) is 53.3 Å². The number of esters is 1. The number of ether oxygens (including phenoxy) is 1. The van der Waals surface area contributed by atoms with Crippen LogP contribution in [0.25, 0.3) is 11.4 Å². The Balaban J connectivity index is 2.02. The van der Waals surface area contributed by atoms with Crippen molar-refractivity contribution in [2.45, 2.75) is 27.4 Å². The van der Waals surface area contributed by atoms with Crippen LogP contribution >= 0.6 is 0 Å². The van der Waals surface area contributed by atoms with Crippen molar-refractivity contribution < 1.29 is 14.4 Å². The predicted octanol–water partition coefficient (Wildman–Crippen LogP) is 3.97. The molecule has 0 N–H and O–H groups in total. The van der Waals surface area contributed by atoms with Crippen LogP contribution in [0.1, 0.15) is 34.2 Å². The molecule has 0 amide bonds. The van der Waals surface area contributed by atoms with Gasteiger partial charge in [-0.25, -0.2) is 9.78 Å². The second-order valence-electron chi connectivity index (χ2n) is 5.95. The third kappa shape index (κ3) is 3.61. The summed E-state index contributed by atoms with van der Waals surface area (Å²) in [7, 11) is 0. The number of aryl methyl sites for hydroxylation is 2. The maximum absolute atomic E-state index is 12.4. The Morgan fingerprint density at radius 3 is 2.42 bits per heavy atom. The molecule has 5 nitrogen and oxygen atoms in total. The molecule has 3 aromatic rings. The van der Waals surface area contributed by atoms with Crippen LogP contribution in [-0.2, 0) is 11.3 Å². The van der Waals surface area contributed by atoms with Gasteiger partial charge in [0.05, 0.1) is 12.3 Å². The molecule has 0 saturated carbocycles. The number of nitrogens with zero attached hydrogens (tertiary/aromatic N) is 2. The quantitative estimate of drug-likeness (QED) is 0.631. The maximum Gasteiger partial charge on any atom is 0.360 e. The fraction of sp³-hybridized carbons (Fsp3) is 0.238. The molecule has 0 aliphatic rings. The lowest BCUT2D eigenvalue weighted by atomic mass is 10.1. The van der Waals surface area contributed by atoms with E-state index in [1.54, 1.807) is 13.8 Å². The molecule has 3 rings (SSSR count). The van der Waals surface area contributed by atoms with Crippen LogP contribution in [-0.4, -0.2) is 22.3 Å². The van der Waals surface area contributed by atoms with Gasteiger partial charge >= 0.3 is 5.97 Å². The number of carbonyl (C=O) groups excluding carboxylic acids is 1. The Hall–Kier alpha value is -3.08. The Kier molecular flexibility index (Phi) is 5.37. The van der Waals surface area contributed by atoms with E-state index < -0.39 is 5.97 Å². The van der Waals surface area contributed by atoms with Crippen LogP contribution < -0.4 is 4.84 Å². The summed E-state index contributed by atoms with van der Waals surface area (Å²) in [5, 5.41) is 0. The van der Waals surface area contributed by atoms with E-state index in [9.17, 15) is 4.79 Å². The van der Waals surface area contributed by atoms with Gasteiger partial charge in [0.15, 0.2) is 11.5 Å². The SMILES string of the molecule is CCOC(=O)c1c(C)nc(-c2ccccc2)n1OCc1ccccc1C. The molecule has 0 radical (unpaired) electrons. The van der Waals surface area contributed by atoms with E-state index in [-0.39, 0.29) is 0 Å². The van der Waals surface area contributed by atoms with E-state index in [4.69, 9.17) is 9.57 Å². The highest BCUT2D eigenvalue weighted by Gasteiger charge is 2.24. The van der Waals surface area contributed by atoms with Crippen molar-refractivity contribution in [3.05, 3.63) is 77.1 Å². The van der Waals surface area contributed by atoms with Gasteiger partial charge in [0.2, 0.25) is 0 Å². The molecule has 0 bridgehead atoms. The van der Waals surface area contributed by atoms with Crippen molar-refractivity contribution in [3.8, 4) is 11.4 Å². The molecular weight excluding hydrogens is 328 g/mol. The van der Waals surface area contributed by atoms with Gasteiger partial charge in [0, 0.05) is 5.56 Å². The number of benzene rings is 2. The molecule has 1 aromatic heterocycles. The highest BCUT2D eigenvalue weighted by atomic mass is 16.7. The highest BCUT2D eigenvalue weighted by molar-refractivity contribution is 5.89. The highest BCUT2D eigenvalue weighted by Crippen LogP contribution is 2.22. The summed E-state index contributed by atoms with van der Waals surface area (Å²) in [6.45, 7) is 6.21. The first kappa shape index (κ1) is 17.7. The first-order valence-electron chi connectivity index (χ1n) is 8.61. The summed E-state index contributed by atoms with van der Waals surface area (Å²) >= 11 is 0. The molecule has 0 aliphatic carbocycles. The molecule has 0 spiro atoms. The van der Waals surface area contributed by atoms with E-state index in [0.29, 0.717) is 30.4 Å². The van der Waals surface area contributed by atoms with Crippen molar-refractivity contribution in [2.75, 3.05) is 6.61 Å². The summed E-state index contributed by atoms with van der Waals surface area (Å²) in [5.41, 5.74) is 3.94. The number of hydrogen-bond acceptors (Lipinski definition) is 4. The summed E-state index contributed by atoms with van der Waals surface area (Å²) in [6, 6.07) is 17.6. The smallest absolute Gasteiger partial charge is 0.360 e. The minimum atomic E-state index is -0.440. The van der Waals surface area contributed by atoms with Gasteiger partial charge in [-0.1, -0.05) is 54.6 Å². The van der Waals surface area contributed by atoms with E-state index in [1.807, 2.05) is 61.5 Å². The van der Waals surface area contributed by atoms with Gasteiger partial charge in [-0.15, -0.1) is 0 Å². The van der Waals surface area contributed by atoms with E-state index in [1.165, 1.54) is 4.73 Å². The number of imidazole rings is 1. The molecule has 0 aliphatic heterocycles. The minimum absolute atomic E-state index is 0.294. The molecule has 0 fully saturated rings. The number of aromatic nitrogens is 2. The lowest BCUT2D eigenvalue weighted by molar-refractivity contribution is 0.0426. The molecular formula is C21H22N2O3. The Labute approximate surface area is 153 Å². The van der Waals surface area contributed by atoms with Crippen molar-refractivity contribution in [1.29, 1.82) is 0 Å². The first-order chi connectivity index (χ1) is 12.6. The summed E-state index contributed by atoms with van der Waals surface area (Å²) < 4.78 is 6.69. The van der Waals surface area contributed by atoms with Gasteiger partial charge < -0.3 is 9.57 Å². The van der Waals surface area contributed by atoms with Gasteiger partial charge in [0.25, 0.3) is 0 Å². The third-order valence-corrected chi connectivity index (χ3v) is 4.12. The summed E-state index contributed by atoms with van der Waals surface area (Å²) in [4.78, 5) is 23.0. The lowest BCUT2D eigenvalue weighted by Crippen LogP contribution is -2.20. The normalized spacial score (nSPS) is 10.6. The fourth-order valence-corrected chi connectivity index (χ4v) is 2.74. The van der Waals surface area contributed by atoms with E-state index in [2.05, 4.69) is 4.98 Å². The zero-order chi connectivity index (χ0) is 18.5. The average molecular weight is 350 g/mol. The van der Waals surface area contributed by atoms with Gasteiger partial charge in [-0.3, -0.25) is 0 Å². The maximum atomic E-state index is 12.4. The number of rotatable bonds is 6. The zero-order valence-corrected chi connectivity index (χ0v) is 15.2. The zero-order valence-electron chi connectivity index (χ0n) is 15.2. The van der Waals surface area contributed by atoms with Crippen molar-refractivity contribution in [2.24, 2.45) is 0 Å². The van der Waals surface area contributed by atoms with Crippen molar-refractivity contribution >= 4 is 5.97 Å². The standard InChI is InChI=1S/C21H22N2O3/c1-4-25-21(24)19-16(3)22-20(17-11-6-5-7-12-17)23(19)26-14-18-13-9-8-10-15(18)2/h5-13H,4,14H2,1-3H3. The molecule has 0 atom stereocenters. The number of hydrogen-bond donors (Lipinski definition) is 0. The van der Waals surface area contributed by atoms with Gasteiger partial charge in [-0.2, -0.15) is 4.73 Å². The fourth-order valence-electron chi connectivity index (χ4n) is 2.74. The second-order valence-corrected chi connectivity index (χ2v) is 5.95. The van der Waals surface area contributed by atoms with Crippen LogP contribution in [0.15, 0.2) is 54.6 Å². The molecule has 0 saturated heterocycles. The number of carbonyl (C=O) groups is 1. The first-order valence-corrected chi connectivity index (χ1v) is 8.61. The molecule has 1 heterocycles. The molecule has 26 heavy (non-hydrogen) atoms. The minimum Gasteiger partial charge on any atom is -0.461 e.